The van der Waals surface area contributed by atoms with Crippen LogP contribution >= 0.6 is 0 Å². The van der Waals surface area contributed by atoms with Gasteiger partial charge in [0, 0.05) is 17.7 Å². The molecular formula is C31H31F8NO7S. The highest BCUT2D eigenvalue weighted by Crippen LogP contribution is 2.57. The van der Waals surface area contributed by atoms with Crippen LogP contribution < -0.4 is 9.47 Å². The predicted octanol–water partition coefficient (Wildman–Crippen LogP) is 6.41. The number of benzene rings is 2. The Labute approximate surface area is 269 Å². The summed E-state index contributed by atoms with van der Waals surface area (Å²) in [6.45, 7) is 0.949. The molecule has 0 radical (unpaired) electrons. The minimum atomic E-state index is -6.45. The smallest absolute Gasteiger partial charge is 0.435 e. The van der Waals surface area contributed by atoms with E-state index in [1.807, 2.05) is 0 Å². The van der Waals surface area contributed by atoms with E-state index in [0.29, 0.717) is 6.07 Å². The number of carbonyl (C=O) groups excluding carboxylic acids is 1. The Morgan fingerprint density at radius 3 is 2.12 bits per heavy atom. The molecule has 2 aromatic carbocycles. The van der Waals surface area contributed by atoms with E-state index < -0.39 is 98.4 Å². The molecule has 2 atom stereocenters. The van der Waals surface area contributed by atoms with Crippen LogP contribution in [0.5, 0.6) is 11.5 Å². The van der Waals surface area contributed by atoms with E-state index in [1.165, 1.54) is 24.3 Å². The molecule has 8 nitrogen and oxygen atoms in total. The third kappa shape index (κ3) is 5.45. The van der Waals surface area contributed by atoms with Gasteiger partial charge in [-0.15, -0.1) is 0 Å². The number of nitrogens with zero attached hydrogens (tertiary/aromatic N) is 1. The number of piperidine rings is 1. The van der Waals surface area contributed by atoms with E-state index in [0.717, 1.165) is 4.90 Å². The summed E-state index contributed by atoms with van der Waals surface area (Å²) in [5.74, 6) is -3.67. The Bertz CT molecular complexity index is 1660. The second-order valence-electron chi connectivity index (χ2n) is 12.2. The number of carboxylic acids is 1. The lowest BCUT2D eigenvalue weighted by atomic mass is 9.76. The standard InChI is InChI=1S/C31H31F8NO7S/c1-2-46-20-5-7-21(8-6-20)48(44,45)28-12-3-15-40(26(43)27(32)13-10-18(11-14-27)25(41)42)24(28)17-47-23-16-19(4-9-22(23)28)29(33,30(34,35)36)31(37,38)39/h4-9,16,18,24H,2-3,10-15,17H2,1H3,(H,41,42)/t18-,24?,27+,28?. The molecule has 2 fully saturated rings. The maximum atomic E-state index is 16.3. The van der Waals surface area contributed by atoms with Gasteiger partial charge in [-0.2, -0.15) is 26.3 Å². The van der Waals surface area contributed by atoms with Crippen molar-refractivity contribution in [2.45, 2.75) is 84.8 Å². The molecule has 3 aliphatic rings. The number of carbonyl (C=O) groups is 2. The third-order valence-corrected chi connectivity index (χ3v) is 12.1. The fourth-order valence-corrected chi connectivity index (χ4v) is 9.41. The van der Waals surface area contributed by atoms with Crippen molar-refractivity contribution in [1.82, 2.24) is 4.90 Å². The highest BCUT2D eigenvalue weighted by Gasteiger charge is 2.74. The van der Waals surface area contributed by atoms with Crippen molar-refractivity contribution in [1.29, 1.82) is 0 Å². The van der Waals surface area contributed by atoms with E-state index in [1.54, 1.807) is 6.92 Å². The molecule has 0 spiro atoms. The number of alkyl halides is 8. The zero-order chi connectivity index (χ0) is 35.5. The molecular weight excluding hydrogens is 682 g/mol. The first-order chi connectivity index (χ1) is 22.2. The summed E-state index contributed by atoms with van der Waals surface area (Å²) in [6.07, 6.45) is -14.6. The van der Waals surface area contributed by atoms with Crippen LogP contribution in [-0.2, 0) is 29.8 Å². The Balaban J connectivity index is 1.67. The molecule has 264 valence electrons. The highest BCUT2D eigenvalue weighted by molar-refractivity contribution is 7.92. The third-order valence-electron chi connectivity index (χ3n) is 9.57. The fourth-order valence-electron chi connectivity index (χ4n) is 7.07. The summed E-state index contributed by atoms with van der Waals surface area (Å²) in [5, 5.41) is 9.32. The van der Waals surface area contributed by atoms with Crippen LogP contribution in [0.25, 0.3) is 0 Å². The Hall–Kier alpha value is -3.63. The van der Waals surface area contributed by atoms with E-state index in [2.05, 4.69) is 0 Å². The van der Waals surface area contributed by atoms with Gasteiger partial charge in [0.15, 0.2) is 15.5 Å². The van der Waals surface area contributed by atoms with Gasteiger partial charge in [-0.3, -0.25) is 9.59 Å². The number of fused-ring (bicyclic) bond motifs is 3. The van der Waals surface area contributed by atoms with Crippen molar-refractivity contribution in [2.24, 2.45) is 5.92 Å². The van der Waals surface area contributed by atoms with Crippen molar-refractivity contribution >= 4 is 21.7 Å². The number of likely N-dealkylation sites (tertiary alicyclic amines) is 1. The first-order valence-electron chi connectivity index (χ1n) is 15.0. The van der Waals surface area contributed by atoms with Crippen LogP contribution in [-0.4, -0.2) is 74.1 Å². The van der Waals surface area contributed by atoms with Crippen molar-refractivity contribution in [3.63, 3.8) is 0 Å². The molecule has 48 heavy (non-hydrogen) atoms. The van der Waals surface area contributed by atoms with Gasteiger partial charge in [0.05, 0.1) is 23.5 Å². The molecule has 1 saturated heterocycles. The van der Waals surface area contributed by atoms with E-state index >= 15 is 8.78 Å². The second kappa shape index (κ2) is 12.1. The van der Waals surface area contributed by atoms with Crippen molar-refractivity contribution in [3.8, 4) is 11.5 Å². The average Bonchev–Trinajstić information content (AvgIpc) is 3.02. The minimum Gasteiger partial charge on any atom is -0.494 e. The lowest BCUT2D eigenvalue weighted by Gasteiger charge is -2.53. The van der Waals surface area contributed by atoms with Gasteiger partial charge in [-0.1, -0.05) is 12.1 Å². The molecule has 1 saturated carbocycles. The van der Waals surface area contributed by atoms with Crippen LogP contribution in [0.4, 0.5) is 35.1 Å². The van der Waals surface area contributed by atoms with Crippen molar-refractivity contribution in [3.05, 3.63) is 53.6 Å². The minimum absolute atomic E-state index is 0.0916. The summed E-state index contributed by atoms with van der Waals surface area (Å²) in [7, 11) is -4.74. The summed E-state index contributed by atoms with van der Waals surface area (Å²) < 4.78 is 151. The van der Waals surface area contributed by atoms with Gasteiger partial charge in [-0.25, -0.2) is 17.2 Å². The monoisotopic (exact) mass is 713 g/mol. The van der Waals surface area contributed by atoms with Gasteiger partial charge in [0.25, 0.3) is 5.91 Å². The lowest BCUT2D eigenvalue weighted by molar-refractivity contribution is -0.348. The van der Waals surface area contributed by atoms with Crippen molar-refractivity contribution < 1.29 is 67.7 Å². The van der Waals surface area contributed by atoms with Gasteiger partial charge >= 0.3 is 24.0 Å². The van der Waals surface area contributed by atoms with Crippen molar-refractivity contribution in [2.75, 3.05) is 19.8 Å². The topological polar surface area (TPSA) is 110 Å². The highest BCUT2D eigenvalue weighted by atomic mass is 32.2. The summed E-state index contributed by atoms with van der Waals surface area (Å²) in [6, 6.07) is 4.46. The van der Waals surface area contributed by atoms with Crippen LogP contribution in [0, 0.1) is 5.92 Å². The number of aliphatic carboxylic acids is 1. The number of hydrogen-bond donors (Lipinski definition) is 1. The molecule has 0 bridgehead atoms. The number of ether oxygens (including phenoxy) is 2. The Morgan fingerprint density at radius 1 is 0.979 bits per heavy atom. The van der Waals surface area contributed by atoms with E-state index in [-0.39, 0.29) is 61.6 Å². The number of halogens is 8. The zero-order valence-corrected chi connectivity index (χ0v) is 26.2. The van der Waals surface area contributed by atoms with Crippen LogP contribution in [0.2, 0.25) is 0 Å². The lowest BCUT2D eigenvalue weighted by Crippen LogP contribution is -2.66. The molecule has 5 rings (SSSR count). The molecule has 1 N–H and O–H groups in total. The molecule has 1 aliphatic carbocycles. The molecule has 2 aromatic rings. The Kier molecular flexibility index (Phi) is 8.96. The summed E-state index contributed by atoms with van der Waals surface area (Å²) in [4.78, 5) is 25.9. The second-order valence-corrected chi connectivity index (χ2v) is 14.4. The largest absolute Gasteiger partial charge is 0.494 e. The van der Waals surface area contributed by atoms with Crippen LogP contribution in [0.1, 0.15) is 56.6 Å². The maximum Gasteiger partial charge on any atom is 0.435 e. The first kappa shape index (κ1) is 35.7. The summed E-state index contributed by atoms with van der Waals surface area (Å²) in [5.41, 5.74) is -10.7. The normalized spacial score (nSPS) is 26.6. The molecule has 17 heteroatoms. The van der Waals surface area contributed by atoms with Gasteiger partial charge in [0.2, 0.25) is 0 Å². The quantitative estimate of drug-likeness (QED) is 0.331. The number of amides is 1. The average molecular weight is 714 g/mol. The zero-order valence-electron chi connectivity index (χ0n) is 25.3. The fraction of sp³-hybridized carbons (Fsp3) is 0.548. The SMILES string of the molecule is CCOc1ccc(S(=O)(=O)C23CCCN(C(=O)[C@]4(F)CC[C@@H](C(=O)O)CC4)C2COc2cc(C(F)(C(F)(F)F)C(F)(F)F)ccc23)cc1. The molecule has 2 aliphatic heterocycles. The molecule has 1 amide bonds. The number of hydrogen-bond acceptors (Lipinski definition) is 6. The number of carboxylic acid groups (broad SMARTS) is 1. The maximum absolute atomic E-state index is 16.3. The Morgan fingerprint density at radius 2 is 1.58 bits per heavy atom. The van der Waals surface area contributed by atoms with Gasteiger partial charge < -0.3 is 19.5 Å². The predicted molar refractivity (Wildman–Crippen MR) is 151 cm³/mol. The molecule has 0 aromatic heterocycles. The van der Waals surface area contributed by atoms with Crippen LogP contribution in [0.3, 0.4) is 0 Å². The number of rotatable bonds is 7. The van der Waals surface area contributed by atoms with E-state index in [9.17, 15) is 49.5 Å². The van der Waals surface area contributed by atoms with Crippen LogP contribution in [0.15, 0.2) is 47.4 Å². The molecule has 2 heterocycles. The number of sulfone groups is 1. The van der Waals surface area contributed by atoms with Gasteiger partial charge in [-0.05, 0) is 75.8 Å². The summed E-state index contributed by atoms with van der Waals surface area (Å²) >= 11 is 0. The first-order valence-corrected chi connectivity index (χ1v) is 16.5. The van der Waals surface area contributed by atoms with E-state index in [4.69, 9.17) is 9.47 Å². The van der Waals surface area contributed by atoms with Gasteiger partial charge in [0.1, 0.15) is 22.9 Å². The molecule has 2 unspecified atom stereocenters.